The zero-order chi connectivity index (χ0) is 15.4. The van der Waals surface area contributed by atoms with Crippen molar-refractivity contribution in [3.63, 3.8) is 0 Å². The molecular formula is C16H28N4O2. The van der Waals surface area contributed by atoms with Crippen LogP contribution in [0.2, 0.25) is 0 Å². The lowest BCUT2D eigenvalue weighted by Gasteiger charge is -2.37. The van der Waals surface area contributed by atoms with E-state index in [9.17, 15) is 0 Å². The van der Waals surface area contributed by atoms with Gasteiger partial charge in [-0.25, -0.2) is 0 Å². The van der Waals surface area contributed by atoms with Gasteiger partial charge in [0.15, 0.2) is 0 Å². The predicted octanol–water partition coefficient (Wildman–Crippen LogP) is 1.88. The van der Waals surface area contributed by atoms with Gasteiger partial charge in [0.25, 0.3) is 0 Å². The SMILES string of the molecule is CC(C)c1nnc(CN2CCC(N3CCCOCC3)CC2)o1. The quantitative estimate of drug-likeness (QED) is 0.846. The third kappa shape index (κ3) is 4.06. The number of hydrogen-bond donors (Lipinski definition) is 0. The second-order valence-electron chi connectivity index (χ2n) is 6.70. The smallest absolute Gasteiger partial charge is 0.230 e. The minimum atomic E-state index is 0.303. The molecule has 0 radical (unpaired) electrons. The van der Waals surface area contributed by atoms with Crippen LogP contribution in [0.25, 0.3) is 0 Å². The van der Waals surface area contributed by atoms with E-state index in [1.54, 1.807) is 0 Å². The highest BCUT2D eigenvalue weighted by molar-refractivity contribution is 4.88. The molecule has 0 unspecified atom stereocenters. The van der Waals surface area contributed by atoms with E-state index in [1.807, 2.05) is 0 Å². The van der Waals surface area contributed by atoms with Crippen molar-refractivity contribution in [3.8, 4) is 0 Å². The van der Waals surface area contributed by atoms with Crippen LogP contribution in [0.15, 0.2) is 4.42 Å². The van der Waals surface area contributed by atoms with Gasteiger partial charge in [0, 0.05) is 44.7 Å². The average molecular weight is 308 g/mol. The van der Waals surface area contributed by atoms with Crippen LogP contribution in [0.3, 0.4) is 0 Å². The molecule has 0 aliphatic carbocycles. The monoisotopic (exact) mass is 308 g/mol. The number of likely N-dealkylation sites (tertiary alicyclic amines) is 1. The Morgan fingerprint density at radius 3 is 2.64 bits per heavy atom. The zero-order valence-electron chi connectivity index (χ0n) is 13.8. The molecular weight excluding hydrogens is 280 g/mol. The highest BCUT2D eigenvalue weighted by Gasteiger charge is 2.26. The molecule has 0 aromatic carbocycles. The summed E-state index contributed by atoms with van der Waals surface area (Å²) in [4.78, 5) is 5.05. The van der Waals surface area contributed by atoms with Gasteiger partial charge < -0.3 is 9.15 Å². The van der Waals surface area contributed by atoms with Gasteiger partial charge in [0.1, 0.15) is 0 Å². The summed E-state index contributed by atoms with van der Waals surface area (Å²) in [6.07, 6.45) is 3.62. The average Bonchev–Trinajstić information content (AvgIpc) is 2.82. The second kappa shape index (κ2) is 7.53. The summed E-state index contributed by atoms with van der Waals surface area (Å²) in [5, 5.41) is 8.28. The molecule has 2 fully saturated rings. The van der Waals surface area contributed by atoms with Crippen molar-refractivity contribution < 1.29 is 9.15 Å². The van der Waals surface area contributed by atoms with Crippen LogP contribution in [0.5, 0.6) is 0 Å². The van der Waals surface area contributed by atoms with Crippen LogP contribution in [-0.2, 0) is 11.3 Å². The van der Waals surface area contributed by atoms with Crippen LogP contribution in [0, 0.1) is 0 Å². The molecule has 2 aliphatic heterocycles. The van der Waals surface area contributed by atoms with E-state index < -0.39 is 0 Å². The molecule has 2 saturated heterocycles. The molecule has 6 heteroatoms. The fourth-order valence-electron chi connectivity index (χ4n) is 3.33. The molecule has 0 amide bonds. The van der Waals surface area contributed by atoms with Crippen LogP contribution < -0.4 is 0 Å². The van der Waals surface area contributed by atoms with Gasteiger partial charge in [-0.2, -0.15) is 0 Å². The minimum absolute atomic E-state index is 0.303. The molecule has 0 N–H and O–H groups in total. The first-order chi connectivity index (χ1) is 10.7. The fraction of sp³-hybridized carbons (Fsp3) is 0.875. The molecule has 22 heavy (non-hydrogen) atoms. The maximum atomic E-state index is 5.72. The lowest BCUT2D eigenvalue weighted by atomic mass is 10.0. The molecule has 0 spiro atoms. The lowest BCUT2D eigenvalue weighted by molar-refractivity contribution is 0.0906. The van der Waals surface area contributed by atoms with Crippen LogP contribution in [0.1, 0.15) is 50.8 Å². The second-order valence-corrected chi connectivity index (χ2v) is 6.70. The van der Waals surface area contributed by atoms with Crippen molar-refractivity contribution in [2.75, 3.05) is 39.4 Å². The van der Waals surface area contributed by atoms with E-state index in [1.165, 1.54) is 25.8 Å². The summed E-state index contributed by atoms with van der Waals surface area (Å²) in [6.45, 7) is 11.3. The van der Waals surface area contributed by atoms with Gasteiger partial charge in [-0.3, -0.25) is 9.80 Å². The van der Waals surface area contributed by atoms with Gasteiger partial charge in [0.05, 0.1) is 13.2 Å². The molecule has 1 aromatic heterocycles. The number of rotatable bonds is 4. The van der Waals surface area contributed by atoms with E-state index in [0.29, 0.717) is 12.0 Å². The minimum Gasteiger partial charge on any atom is -0.424 e. The Balaban J connectivity index is 1.46. The molecule has 124 valence electrons. The van der Waals surface area contributed by atoms with Gasteiger partial charge in [0.2, 0.25) is 11.8 Å². The fourth-order valence-corrected chi connectivity index (χ4v) is 3.33. The third-order valence-electron chi connectivity index (χ3n) is 4.67. The maximum absolute atomic E-state index is 5.72. The molecule has 0 atom stereocenters. The molecule has 3 heterocycles. The Labute approximate surface area is 132 Å². The topological polar surface area (TPSA) is 54.6 Å². The molecule has 6 nitrogen and oxygen atoms in total. The first-order valence-corrected chi connectivity index (χ1v) is 8.59. The number of ether oxygens (including phenoxy) is 1. The maximum Gasteiger partial charge on any atom is 0.230 e. The normalized spacial score (nSPS) is 23.0. The largest absolute Gasteiger partial charge is 0.424 e. The molecule has 3 rings (SSSR count). The Bertz CT molecular complexity index is 447. The van der Waals surface area contributed by atoms with E-state index in [4.69, 9.17) is 9.15 Å². The first-order valence-electron chi connectivity index (χ1n) is 8.59. The van der Waals surface area contributed by atoms with Gasteiger partial charge in [-0.15, -0.1) is 10.2 Å². The third-order valence-corrected chi connectivity index (χ3v) is 4.67. The number of aromatic nitrogens is 2. The van der Waals surface area contributed by atoms with Crippen molar-refractivity contribution in [2.24, 2.45) is 0 Å². The van der Waals surface area contributed by atoms with Gasteiger partial charge >= 0.3 is 0 Å². The summed E-state index contributed by atoms with van der Waals surface area (Å²) < 4.78 is 11.3. The Morgan fingerprint density at radius 1 is 1.09 bits per heavy atom. The lowest BCUT2D eigenvalue weighted by Crippen LogP contribution is -2.45. The Morgan fingerprint density at radius 2 is 1.91 bits per heavy atom. The highest BCUT2D eigenvalue weighted by Crippen LogP contribution is 2.20. The molecule has 0 saturated carbocycles. The van der Waals surface area contributed by atoms with Crippen molar-refractivity contribution in [1.29, 1.82) is 0 Å². The van der Waals surface area contributed by atoms with Crippen LogP contribution >= 0.6 is 0 Å². The summed E-state index contributed by atoms with van der Waals surface area (Å²) >= 11 is 0. The summed E-state index contributed by atoms with van der Waals surface area (Å²) in [5.41, 5.74) is 0. The molecule has 1 aromatic rings. The highest BCUT2D eigenvalue weighted by atomic mass is 16.5. The predicted molar refractivity (Wildman–Crippen MR) is 83.7 cm³/mol. The number of piperidine rings is 1. The summed E-state index contributed by atoms with van der Waals surface area (Å²) in [5.74, 6) is 1.80. The van der Waals surface area contributed by atoms with E-state index in [2.05, 4.69) is 33.8 Å². The van der Waals surface area contributed by atoms with Gasteiger partial charge in [-0.05, 0) is 19.3 Å². The standard InChI is InChI=1S/C16H28N4O2/c1-13(2)16-18-17-15(22-16)12-19-7-4-14(5-8-19)20-6-3-10-21-11-9-20/h13-14H,3-12H2,1-2H3. The summed E-state index contributed by atoms with van der Waals surface area (Å²) in [6, 6.07) is 0.715. The number of hydrogen-bond acceptors (Lipinski definition) is 6. The van der Waals surface area contributed by atoms with Gasteiger partial charge in [-0.1, -0.05) is 13.8 Å². The van der Waals surface area contributed by atoms with E-state index in [-0.39, 0.29) is 0 Å². The van der Waals surface area contributed by atoms with Crippen molar-refractivity contribution in [1.82, 2.24) is 20.0 Å². The molecule has 0 bridgehead atoms. The van der Waals surface area contributed by atoms with Crippen molar-refractivity contribution >= 4 is 0 Å². The Kier molecular flexibility index (Phi) is 5.44. The van der Waals surface area contributed by atoms with E-state index >= 15 is 0 Å². The van der Waals surface area contributed by atoms with Crippen molar-refractivity contribution in [3.05, 3.63) is 11.8 Å². The van der Waals surface area contributed by atoms with E-state index in [0.717, 1.165) is 51.2 Å². The number of nitrogens with zero attached hydrogens (tertiary/aromatic N) is 4. The van der Waals surface area contributed by atoms with Crippen LogP contribution in [0.4, 0.5) is 0 Å². The molecule has 2 aliphatic rings. The summed E-state index contributed by atoms with van der Waals surface area (Å²) in [7, 11) is 0. The van der Waals surface area contributed by atoms with Crippen LogP contribution in [-0.4, -0.2) is 65.4 Å². The Hall–Kier alpha value is -0.980. The zero-order valence-corrected chi connectivity index (χ0v) is 13.8. The van der Waals surface area contributed by atoms with Crippen molar-refractivity contribution in [2.45, 2.75) is 51.6 Å². The first kappa shape index (κ1) is 15.9.